The van der Waals surface area contributed by atoms with E-state index in [1.54, 1.807) is 0 Å². The molecule has 3 heteroatoms. The van der Waals surface area contributed by atoms with E-state index in [-0.39, 0.29) is 6.10 Å². The zero-order valence-electron chi connectivity index (χ0n) is 13.3. The zero-order valence-corrected chi connectivity index (χ0v) is 13.3. The Bertz CT molecular complexity index is 598. The summed E-state index contributed by atoms with van der Waals surface area (Å²) >= 11 is 0. The Kier molecular flexibility index (Phi) is 4.20. The third-order valence-corrected chi connectivity index (χ3v) is 4.28. The molecule has 0 radical (unpaired) electrons. The molecular formula is C18H26N2O. The van der Waals surface area contributed by atoms with Crippen LogP contribution in [-0.4, -0.2) is 23.3 Å². The maximum atomic E-state index is 5.89. The number of benzene rings is 1. The van der Waals surface area contributed by atoms with Crippen molar-refractivity contribution < 1.29 is 4.74 Å². The van der Waals surface area contributed by atoms with Crippen molar-refractivity contribution in [1.82, 2.24) is 9.88 Å². The van der Waals surface area contributed by atoms with Gasteiger partial charge < -0.3 is 14.6 Å². The highest BCUT2D eigenvalue weighted by molar-refractivity contribution is 5.86. The largest absolute Gasteiger partial charge is 0.490 e. The molecule has 0 aliphatic heterocycles. The molecule has 0 spiro atoms. The molecule has 0 amide bonds. The molecule has 1 unspecified atom stereocenters. The summed E-state index contributed by atoms with van der Waals surface area (Å²) in [5.74, 6) is 1.90. The predicted molar refractivity (Wildman–Crippen MR) is 87.9 cm³/mol. The molecular weight excluding hydrogens is 260 g/mol. The van der Waals surface area contributed by atoms with Gasteiger partial charge in [0.1, 0.15) is 5.75 Å². The molecule has 1 aliphatic rings. The van der Waals surface area contributed by atoms with Crippen LogP contribution < -0.4 is 10.1 Å². The van der Waals surface area contributed by atoms with Gasteiger partial charge in [0.2, 0.25) is 0 Å². The van der Waals surface area contributed by atoms with Crippen LogP contribution in [-0.2, 0) is 6.54 Å². The van der Waals surface area contributed by atoms with Crippen LogP contribution in [0.3, 0.4) is 0 Å². The van der Waals surface area contributed by atoms with Crippen LogP contribution in [0.5, 0.6) is 5.75 Å². The van der Waals surface area contributed by atoms with Crippen LogP contribution in [0.1, 0.15) is 33.6 Å². The van der Waals surface area contributed by atoms with Gasteiger partial charge in [-0.2, -0.15) is 0 Å². The fourth-order valence-electron chi connectivity index (χ4n) is 2.92. The van der Waals surface area contributed by atoms with E-state index in [1.807, 2.05) is 0 Å². The summed E-state index contributed by atoms with van der Waals surface area (Å²) in [6.07, 6.45) is 5.17. The van der Waals surface area contributed by atoms with Gasteiger partial charge in [-0.15, -0.1) is 0 Å². The van der Waals surface area contributed by atoms with Crippen molar-refractivity contribution in [3.8, 4) is 5.75 Å². The second kappa shape index (κ2) is 6.10. The Morgan fingerprint density at radius 2 is 2.05 bits per heavy atom. The highest BCUT2D eigenvalue weighted by Crippen LogP contribution is 2.32. The van der Waals surface area contributed by atoms with E-state index < -0.39 is 0 Å². The van der Waals surface area contributed by atoms with Gasteiger partial charge in [-0.05, 0) is 57.7 Å². The van der Waals surface area contributed by atoms with Crippen molar-refractivity contribution in [2.75, 3.05) is 6.54 Å². The first-order valence-electron chi connectivity index (χ1n) is 8.13. The van der Waals surface area contributed by atoms with Crippen molar-refractivity contribution >= 4 is 10.9 Å². The van der Waals surface area contributed by atoms with Gasteiger partial charge >= 0.3 is 0 Å². The Morgan fingerprint density at radius 3 is 2.76 bits per heavy atom. The van der Waals surface area contributed by atoms with Gasteiger partial charge in [-0.1, -0.05) is 6.07 Å². The molecule has 0 bridgehead atoms. The van der Waals surface area contributed by atoms with Crippen LogP contribution in [0.2, 0.25) is 0 Å². The maximum Gasteiger partial charge on any atom is 0.129 e. The predicted octanol–water partition coefficient (Wildman–Crippen LogP) is 3.82. The number of nitrogens with one attached hydrogen (secondary N) is 1. The summed E-state index contributed by atoms with van der Waals surface area (Å²) in [6.45, 7) is 8.47. The minimum absolute atomic E-state index is 0.208. The van der Waals surface area contributed by atoms with Crippen LogP contribution in [0.4, 0.5) is 0 Å². The average molecular weight is 286 g/mol. The van der Waals surface area contributed by atoms with Crippen molar-refractivity contribution in [3.63, 3.8) is 0 Å². The van der Waals surface area contributed by atoms with E-state index in [0.29, 0.717) is 6.04 Å². The summed E-state index contributed by atoms with van der Waals surface area (Å²) in [5.41, 5.74) is 1.26. The first-order valence-corrected chi connectivity index (χ1v) is 8.13. The lowest BCUT2D eigenvalue weighted by Crippen LogP contribution is -2.30. The minimum atomic E-state index is 0.208. The Hall–Kier alpha value is -1.48. The molecule has 1 atom stereocenters. The highest BCUT2D eigenvalue weighted by atomic mass is 16.5. The fraction of sp³-hybridized carbons (Fsp3) is 0.556. The summed E-state index contributed by atoms with van der Waals surface area (Å²) < 4.78 is 8.21. The van der Waals surface area contributed by atoms with Crippen LogP contribution in [0.25, 0.3) is 10.9 Å². The number of fused-ring (bicyclic) bond motifs is 1. The Labute approximate surface area is 127 Å². The molecule has 2 aromatic rings. The van der Waals surface area contributed by atoms with Crippen molar-refractivity contribution in [2.45, 2.75) is 52.3 Å². The third kappa shape index (κ3) is 3.41. The molecule has 1 fully saturated rings. The summed E-state index contributed by atoms with van der Waals surface area (Å²) in [6, 6.07) is 9.13. The van der Waals surface area contributed by atoms with Crippen LogP contribution in [0.15, 0.2) is 30.5 Å². The van der Waals surface area contributed by atoms with Gasteiger partial charge in [0.05, 0.1) is 11.6 Å². The average Bonchev–Trinajstić information content (AvgIpc) is 3.21. The zero-order chi connectivity index (χ0) is 14.8. The smallest absolute Gasteiger partial charge is 0.129 e. The molecule has 1 saturated carbocycles. The quantitative estimate of drug-likeness (QED) is 0.837. The SMILES string of the molecule is CC(C)Oc1cccc2c1ccn2CCNC(C)C1CC1. The highest BCUT2D eigenvalue weighted by Gasteiger charge is 2.27. The Balaban J connectivity index is 1.68. The van der Waals surface area contributed by atoms with Gasteiger partial charge in [-0.3, -0.25) is 0 Å². The lowest BCUT2D eigenvalue weighted by atomic mass is 10.2. The molecule has 1 aromatic heterocycles. The van der Waals surface area contributed by atoms with Gasteiger partial charge in [-0.25, -0.2) is 0 Å². The number of hydrogen-bond acceptors (Lipinski definition) is 2. The molecule has 21 heavy (non-hydrogen) atoms. The normalized spacial score (nSPS) is 16.6. The number of nitrogens with zero attached hydrogens (tertiary/aromatic N) is 1. The molecule has 0 saturated heterocycles. The van der Waals surface area contributed by atoms with E-state index in [1.165, 1.54) is 23.7 Å². The monoisotopic (exact) mass is 286 g/mol. The molecule has 1 aliphatic carbocycles. The topological polar surface area (TPSA) is 26.2 Å². The summed E-state index contributed by atoms with van der Waals surface area (Å²) in [7, 11) is 0. The number of ether oxygens (including phenoxy) is 1. The van der Waals surface area contributed by atoms with Crippen molar-refractivity contribution in [1.29, 1.82) is 0 Å². The van der Waals surface area contributed by atoms with Crippen molar-refractivity contribution in [2.24, 2.45) is 5.92 Å². The fourth-order valence-corrected chi connectivity index (χ4v) is 2.92. The van der Waals surface area contributed by atoms with E-state index in [4.69, 9.17) is 4.74 Å². The van der Waals surface area contributed by atoms with Crippen LogP contribution in [0, 0.1) is 5.92 Å². The molecule has 114 valence electrons. The molecule has 1 aromatic carbocycles. The van der Waals surface area contributed by atoms with E-state index in [9.17, 15) is 0 Å². The Morgan fingerprint density at radius 1 is 1.24 bits per heavy atom. The van der Waals surface area contributed by atoms with Crippen LogP contribution >= 0.6 is 0 Å². The first-order chi connectivity index (χ1) is 10.1. The number of hydrogen-bond donors (Lipinski definition) is 1. The lowest BCUT2D eigenvalue weighted by molar-refractivity contribution is 0.245. The van der Waals surface area contributed by atoms with E-state index >= 15 is 0 Å². The van der Waals surface area contributed by atoms with E-state index in [2.05, 4.69) is 61.1 Å². The number of rotatable bonds is 7. The lowest BCUT2D eigenvalue weighted by Gasteiger charge is -2.14. The molecule has 3 rings (SSSR count). The van der Waals surface area contributed by atoms with Gasteiger partial charge in [0, 0.05) is 30.7 Å². The first kappa shape index (κ1) is 14.5. The molecule has 1 heterocycles. The minimum Gasteiger partial charge on any atom is -0.490 e. The summed E-state index contributed by atoms with van der Waals surface area (Å²) in [4.78, 5) is 0. The van der Waals surface area contributed by atoms with Gasteiger partial charge in [0.25, 0.3) is 0 Å². The second-order valence-corrected chi connectivity index (χ2v) is 6.44. The molecule has 3 nitrogen and oxygen atoms in total. The summed E-state index contributed by atoms with van der Waals surface area (Å²) in [5, 5.41) is 4.85. The van der Waals surface area contributed by atoms with E-state index in [0.717, 1.165) is 24.8 Å². The maximum absolute atomic E-state index is 5.89. The molecule has 1 N–H and O–H groups in total. The van der Waals surface area contributed by atoms with Crippen molar-refractivity contribution in [3.05, 3.63) is 30.5 Å². The van der Waals surface area contributed by atoms with Gasteiger partial charge in [0.15, 0.2) is 0 Å². The number of aromatic nitrogens is 1. The standard InChI is InChI=1S/C18H26N2O/c1-13(2)21-18-6-4-5-17-16(18)9-11-20(17)12-10-19-14(3)15-7-8-15/h4-6,9,11,13-15,19H,7-8,10,12H2,1-3H3. The second-order valence-electron chi connectivity index (χ2n) is 6.44. The third-order valence-electron chi connectivity index (χ3n) is 4.28.